The first-order valence-electron chi connectivity index (χ1n) is 11.7. The van der Waals surface area contributed by atoms with Gasteiger partial charge in [-0.15, -0.1) is 0 Å². The van der Waals surface area contributed by atoms with Gasteiger partial charge in [-0.1, -0.05) is 49.9 Å². The van der Waals surface area contributed by atoms with Crippen LogP contribution in [-0.4, -0.2) is 53.5 Å². The van der Waals surface area contributed by atoms with Gasteiger partial charge in [-0.05, 0) is 49.6 Å². The van der Waals surface area contributed by atoms with Gasteiger partial charge in [0.2, 0.25) is 11.4 Å². The van der Waals surface area contributed by atoms with E-state index in [2.05, 4.69) is 5.32 Å². The predicted octanol–water partition coefficient (Wildman–Crippen LogP) is 3.67. The molecule has 2 aromatic carbocycles. The highest BCUT2D eigenvalue weighted by Crippen LogP contribution is 2.29. The monoisotopic (exact) mass is 529 g/mol. The van der Waals surface area contributed by atoms with Crippen molar-refractivity contribution >= 4 is 41.4 Å². The average molecular weight is 530 g/mol. The lowest BCUT2D eigenvalue weighted by atomic mass is 9.91. The zero-order valence-corrected chi connectivity index (χ0v) is 22.1. The number of amides is 1. The Morgan fingerprint density at radius 3 is 2.00 bits per heavy atom. The molecule has 0 aliphatic heterocycles. The van der Waals surface area contributed by atoms with Crippen LogP contribution in [0.2, 0.25) is 0 Å². The number of aliphatic carboxylic acids is 1. The highest BCUT2D eigenvalue weighted by atomic mass is 32.2. The number of hydrogen-bond acceptors (Lipinski definition) is 8. The van der Waals surface area contributed by atoms with Gasteiger partial charge in [-0.2, -0.15) is 0 Å². The van der Waals surface area contributed by atoms with Gasteiger partial charge in [-0.25, -0.2) is 9.59 Å². The Balaban J connectivity index is 2.02. The molecule has 0 aliphatic carbocycles. The van der Waals surface area contributed by atoms with Crippen molar-refractivity contribution in [2.75, 3.05) is 13.2 Å². The van der Waals surface area contributed by atoms with E-state index in [4.69, 9.17) is 9.47 Å². The number of esters is 2. The Morgan fingerprint density at radius 1 is 0.946 bits per heavy atom. The van der Waals surface area contributed by atoms with Crippen LogP contribution in [0.1, 0.15) is 50.0 Å². The largest absolute Gasteiger partial charge is 0.479 e. The summed E-state index contributed by atoms with van der Waals surface area (Å²) in [6.07, 6.45) is 0.0454. The summed E-state index contributed by atoms with van der Waals surface area (Å²) in [5.74, 6) is -4.14. The molecule has 0 aliphatic rings. The zero-order valence-electron chi connectivity index (χ0n) is 21.2. The molecule has 2 N–H and O–H groups in total. The number of benzene rings is 2. The number of carbonyl (C=O) groups is 5. The summed E-state index contributed by atoms with van der Waals surface area (Å²) in [4.78, 5) is 61.5. The van der Waals surface area contributed by atoms with Crippen LogP contribution in [0.3, 0.4) is 0 Å². The maximum Gasteiger partial charge on any atom is 0.343 e. The fraction of sp³-hybridized carbons (Fsp3) is 0.370. The fourth-order valence-corrected chi connectivity index (χ4v) is 4.12. The minimum atomic E-state index is -2.17. The highest BCUT2D eigenvalue weighted by Gasteiger charge is 2.48. The third-order valence-electron chi connectivity index (χ3n) is 5.32. The third-order valence-corrected chi connectivity index (χ3v) is 6.34. The van der Waals surface area contributed by atoms with E-state index in [0.717, 1.165) is 22.3 Å². The molecule has 1 unspecified atom stereocenters. The molecule has 2 aromatic rings. The molecule has 0 heterocycles. The highest BCUT2D eigenvalue weighted by molar-refractivity contribution is 7.99. The fourth-order valence-electron chi connectivity index (χ4n) is 3.31. The Bertz CT molecular complexity index is 1130. The lowest BCUT2D eigenvalue weighted by Crippen LogP contribution is -2.60. The van der Waals surface area contributed by atoms with Crippen LogP contribution in [0, 0.1) is 5.92 Å². The van der Waals surface area contributed by atoms with Crippen molar-refractivity contribution in [2.45, 2.75) is 55.9 Å². The second-order valence-corrected chi connectivity index (χ2v) is 9.72. The first-order valence-corrected chi connectivity index (χ1v) is 12.6. The molecular weight excluding hydrogens is 498 g/mol. The van der Waals surface area contributed by atoms with Crippen molar-refractivity contribution in [1.82, 2.24) is 5.32 Å². The molecule has 0 aromatic heterocycles. The Morgan fingerprint density at radius 2 is 1.51 bits per heavy atom. The number of Topliss-reactive ketones (excluding diaryl/α,β-unsaturated/α-hetero) is 1. The minimum Gasteiger partial charge on any atom is -0.479 e. The summed E-state index contributed by atoms with van der Waals surface area (Å²) >= 11 is 1.47. The van der Waals surface area contributed by atoms with Crippen molar-refractivity contribution in [3.05, 3.63) is 59.7 Å². The minimum absolute atomic E-state index is 0.0138. The van der Waals surface area contributed by atoms with Crippen LogP contribution in [0.15, 0.2) is 58.3 Å². The molecule has 37 heavy (non-hydrogen) atoms. The van der Waals surface area contributed by atoms with Gasteiger partial charge in [0.15, 0.2) is 12.4 Å². The number of carbonyl (C=O) groups excluding carboxylic acids is 4. The van der Waals surface area contributed by atoms with Crippen molar-refractivity contribution in [2.24, 2.45) is 5.92 Å². The molecule has 0 spiro atoms. The lowest BCUT2D eigenvalue weighted by molar-refractivity contribution is -0.165. The van der Waals surface area contributed by atoms with Crippen LogP contribution in [-0.2, 0) is 35.1 Å². The van der Waals surface area contributed by atoms with Crippen molar-refractivity contribution in [1.29, 1.82) is 0 Å². The number of ketones is 1. The van der Waals surface area contributed by atoms with Gasteiger partial charge >= 0.3 is 17.9 Å². The molecule has 0 fully saturated rings. The van der Waals surface area contributed by atoms with Crippen LogP contribution in [0.4, 0.5) is 0 Å². The van der Waals surface area contributed by atoms with Crippen LogP contribution >= 0.6 is 11.8 Å². The number of aryl methyl sites for hydroxylation is 1. The molecular formula is C27H31NO8S. The van der Waals surface area contributed by atoms with Gasteiger partial charge in [0.1, 0.15) is 0 Å². The van der Waals surface area contributed by atoms with Crippen molar-refractivity contribution < 1.29 is 38.6 Å². The first kappa shape index (κ1) is 29.6. The quantitative estimate of drug-likeness (QED) is 0.226. The summed E-state index contributed by atoms with van der Waals surface area (Å²) in [5.41, 5.74) is -0.942. The summed E-state index contributed by atoms with van der Waals surface area (Å²) in [5, 5.41) is 12.0. The van der Waals surface area contributed by atoms with E-state index in [1.54, 1.807) is 45.0 Å². The predicted molar refractivity (Wildman–Crippen MR) is 136 cm³/mol. The van der Waals surface area contributed by atoms with Crippen molar-refractivity contribution in [3.8, 4) is 0 Å². The maximum absolute atomic E-state index is 12.4. The molecule has 9 nitrogen and oxygen atoms in total. The van der Waals surface area contributed by atoms with Crippen LogP contribution in [0.25, 0.3) is 0 Å². The number of rotatable bonds is 13. The molecule has 198 valence electrons. The molecule has 0 radical (unpaired) electrons. The van der Waals surface area contributed by atoms with E-state index in [-0.39, 0.29) is 37.8 Å². The Hall–Kier alpha value is -3.66. The summed E-state index contributed by atoms with van der Waals surface area (Å²) in [6.45, 7) is 5.79. The normalized spacial score (nSPS) is 12.4. The van der Waals surface area contributed by atoms with Gasteiger partial charge < -0.3 is 19.9 Å². The third kappa shape index (κ3) is 8.45. The molecule has 1 atom stereocenters. The topological polar surface area (TPSA) is 136 Å². The molecule has 10 heteroatoms. The average Bonchev–Trinajstić information content (AvgIpc) is 2.85. The van der Waals surface area contributed by atoms with Crippen LogP contribution in [0.5, 0.6) is 0 Å². The van der Waals surface area contributed by atoms with E-state index in [0.29, 0.717) is 5.56 Å². The van der Waals surface area contributed by atoms with Gasteiger partial charge in [0.05, 0.1) is 12.5 Å². The maximum atomic E-state index is 12.4. The Kier molecular flexibility index (Phi) is 10.9. The number of carboxylic acid groups (broad SMARTS) is 1. The number of carboxylic acids is 1. The van der Waals surface area contributed by atoms with E-state index in [1.165, 1.54) is 11.8 Å². The standard InChI is InChI=1S/C27H31NO8S/c1-5-35-26(34)27(25(32)33,28-18(4)29)15-14-19-6-10-21(11-7-19)37-22-12-8-20(9-13-22)23(30)16-36-24(31)17(2)3/h6-13,17H,5,14-16H2,1-4H3,(H,28,29)(H,32,33). The molecule has 0 saturated carbocycles. The van der Waals surface area contributed by atoms with E-state index >= 15 is 0 Å². The molecule has 0 saturated heterocycles. The lowest BCUT2D eigenvalue weighted by Gasteiger charge is -2.27. The summed E-state index contributed by atoms with van der Waals surface area (Å²) < 4.78 is 9.90. The molecule has 1 amide bonds. The number of nitrogens with one attached hydrogen (secondary N) is 1. The SMILES string of the molecule is CCOC(=O)C(CCc1ccc(Sc2ccc(C(=O)COC(=O)C(C)C)cc2)cc1)(NC(C)=O)C(=O)O. The number of ether oxygens (including phenoxy) is 2. The summed E-state index contributed by atoms with van der Waals surface area (Å²) in [6, 6.07) is 14.3. The van der Waals surface area contributed by atoms with Gasteiger partial charge in [0.25, 0.3) is 0 Å². The van der Waals surface area contributed by atoms with Crippen LogP contribution < -0.4 is 5.32 Å². The first-order chi connectivity index (χ1) is 17.5. The van der Waals surface area contributed by atoms with E-state index in [9.17, 15) is 29.1 Å². The number of hydrogen-bond donors (Lipinski definition) is 2. The smallest absolute Gasteiger partial charge is 0.343 e. The second kappa shape index (κ2) is 13.6. The zero-order chi connectivity index (χ0) is 27.6. The second-order valence-electron chi connectivity index (χ2n) is 8.57. The van der Waals surface area contributed by atoms with E-state index in [1.807, 2.05) is 24.3 Å². The van der Waals surface area contributed by atoms with E-state index < -0.39 is 29.4 Å². The molecule has 0 bridgehead atoms. The molecule has 2 rings (SSSR count). The van der Waals surface area contributed by atoms with Gasteiger partial charge in [0, 0.05) is 22.3 Å². The Labute approximate surface area is 219 Å². The summed E-state index contributed by atoms with van der Waals surface area (Å²) in [7, 11) is 0. The van der Waals surface area contributed by atoms with Crippen molar-refractivity contribution in [3.63, 3.8) is 0 Å². The van der Waals surface area contributed by atoms with Gasteiger partial charge in [-0.3, -0.25) is 14.4 Å².